The fourth-order valence-electron chi connectivity index (χ4n) is 1.74. The molecular formula is C11H10ClNO3S. The number of thioether (sulfide) groups is 1. The molecule has 1 atom stereocenters. The molecule has 1 unspecified atom stereocenters. The second kappa shape index (κ2) is 4.58. The smallest absolute Gasteiger partial charge is 0.394 e. The molecule has 1 aliphatic heterocycles. The van der Waals surface area contributed by atoms with Crippen molar-refractivity contribution in [3.05, 3.63) is 23.2 Å². The highest BCUT2D eigenvalue weighted by molar-refractivity contribution is 7.99. The summed E-state index contributed by atoms with van der Waals surface area (Å²) in [6.45, 7) is 1.82. The zero-order chi connectivity index (χ0) is 12.6. The van der Waals surface area contributed by atoms with Crippen molar-refractivity contribution in [3.8, 4) is 0 Å². The van der Waals surface area contributed by atoms with Gasteiger partial charge in [-0.25, -0.2) is 4.79 Å². The lowest BCUT2D eigenvalue weighted by atomic mass is 10.2. The Labute approximate surface area is 108 Å². The molecule has 0 saturated heterocycles. The van der Waals surface area contributed by atoms with Crippen molar-refractivity contribution in [1.82, 2.24) is 0 Å². The summed E-state index contributed by atoms with van der Waals surface area (Å²) >= 11 is 7.47. The summed E-state index contributed by atoms with van der Waals surface area (Å²) in [6.07, 6.45) is 0. The Morgan fingerprint density at radius 3 is 2.88 bits per heavy atom. The van der Waals surface area contributed by atoms with Crippen molar-refractivity contribution in [2.75, 3.05) is 10.7 Å². The van der Waals surface area contributed by atoms with Crippen molar-refractivity contribution >= 4 is 40.9 Å². The molecule has 1 aliphatic rings. The number of halogens is 1. The summed E-state index contributed by atoms with van der Waals surface area (Å²) in [5.74, 6) is -1.69. The third kappa shape index (κ3) is 2.25. The predicted octanol–water partition coefficient (Wildman–Crippen LogP) is 2.25. The van der Waals surface area contributed by atoms with Crippen molar-refractivity contribution in [2.45, 2.75) is 17.9 Å². The van der Waals surface area contributed by atoms with Crippen LogP contribution in [0, 0.1) is 0 Å². The van der Waals surface area contributed by atoms with E-state index in [0.717, 1.165) is 4.90 Å². The van der Waals surface area contributed by atoms with E-state index < -0.39 is 11.9 Å². The van der Waals surface area contributed by atoms with Crippen LogP contribution in [0.15, 0.2) is 23.1 Å². The first-order valence-corrected chi connectivity index (χ1v) is 6.36. The molecule has 1 N–H and O–H groups in total. The number of carboxylic acid groups (broad SMARTS) is 1. The Morgan fingerprint density at radius 1 is 1.53 bits per heavy atom. The number of carbonyl (C=O) groups excluding carboxylic acids is 1. The second-order valence-electron chi connectivity index (χ2n) is 3.75. The third-order valence-electron chi connectivity index (χ3n) is 2.50. The van der Waals surface area contributed by atoms with Crippen LogP contribution in [0.4, 0.5) is 5.69 Å². The highest BCUT2D eigenvalue weighted by atomic mass is 35.5. The molecule has 0 aromatic heterocycles. The summed E-state index contributed by atoms with van der Waals surface area (Å²) in [5, 5.41) is 9.30. The molecule has 0 saturated carbocycles. The van der Waals surface area contributed by atoms with Gasteiger partial charge in [0.2, 0.25) is 0 Å². The van der Waals surface area contributed by atoms with Crippen LogP contribution < -0.4 is 4.90 Å². The fourth-order valence-corrected chi connectivity index (χ4v) is 2.94. The van der Waals surface area contributed by atoms with E-state index >= 15 is 0 Å². The van der Waals surface area contributed by atoms with E-state index in [1.165, 1.54) is 4.90 Å². The van der Waals surface area contributed by atoms with Gasteiger partial charge in [-0.3, -0.25) is 9.69 Å². The molecule has 6 heteroatoms. The first-order chi connectivity index (χ1) is 8.00. The Kier molecular flexibility index (Phi) is 3.31. The number of benzene rings is 1. The molecular weight excluding hydrogens is 262 g/mol. The molecule has 4 nitrogen and oxygen atoms in total. The minimum absolute atomic E-state index is 0.158. The van der Waals surface area contributed by atoms with Crippen molar-refractivity contribution in [1.29, 1.82) is 0 Å². The van der Waals surface area contributed by atoms with Gasteiger partial charge in [-0.2, -0.15) is 0 Å². The van der Waals surface area contributed by atoms with Crippen LogP contribution in [0.2, 0.25) is 5.02 Å². The van der Waals surface area contributed by atoms with E-state index in [9.17, 15) is 9.59 Å². The van der Waals surface area contributed by atoms with Gasteiger partial charge >= 0.3 is 11.9 Å². The number of fused-ring (bicyclic) bond motifs is 1. The lowest BCUT2D eigenvalue weighted by Crippen LogP contribution is -2.45. The zero-order valence-corrected chi connectivity index (χ0v) is 10.6. The molecule has 0 fully saturated rings. The van der Waals surface area contributed by atoms with E-state index in [1.54, 1.807) is 30.0 Å². The summed E-state index contributed by atoms with van der Waals surface area (Å²) in [4.78, 5) is 24.6. The lowest BCUT2D eigenvalue weighted by molar-refractivity contribution is -0.149. The molecule has 17 heavy (non-hydrogen) atoms. The van der Waals surface area contributed by atoms with Crippen LogP contribution in [-0.4, -0.2) is 28.8 Å². The average molecular weight is 272 g/mol. The number of carboxylic acids is 1. The van der Waals surface area contributed by atoms with Gasteiger partial charge in [-0.05, 0) is 25.1 Å². The maximum atomic E-state index is 11.7. The van der Waals surface area contributed by atoms with Gasteiger partial charge in [-0.15, -0.1) is 11.8 Å². The zero-order valence-electron chi connectivity index (χ0n) is 9.01. The number of hydrogen-bond donors (Lipinski definition) is 1. The maximum absolute atomic E-state index is 11.7. The largest absolute Gasteiger partial charge is 0.474 e. The topological polar surface area (TPSA) is 57.6 Å². The van der Waals surface area contributed by atoms with Gasteiger partial charge in [0.05, 0.1) is 5.69 Å². The Hall–Kier alpha value is -1.20. The average Bonchev–Trinajstić information content (AvgIpc) is 2.27. The molecule has 0 spiro atoms. The van der Waals surface area contributed by atoms with Crippen molar-refractivity contribution in [2.24, 2.45) is 0 Å². The molecule has 2 rings (SSSR count). The molecule has 0 bridgehead atoms. The van der Waals surface area contributed by atoms with Gasteiger partial charge in [0, 0.05) is 21.7 Å². The van der Waals surface area contributed by atoms with Crippen LogP contribution in [0.1, 0.15) is 6.92 Å². The lowest BCUT2D eigenvalue weighted by Gasteiger charge is -2.33. The first-order valence-electron chi connectivity index (χ1n) is 4.99. The van der Waals surface area contributed by atoms with E-state index in [4.69, 9.17) is 16.7 Å². The monoisotopic (exact) mass is 271 g/mol. The minimum Gasteiger partial charge on any atom is -0.474 e. The molecule has 1 amide bonds. The van der Waals surface area contributed by atoms with E-state index in [0.29, 0.717) is 16.5 Å². The van der Waals surface area contributed by atoms with Gasteiger partial charge in [0.1, 0.15) is 0 Å². The molecule has 90 valence electrons. The number of amides is 1. The van der Waals surface area contributed by atoms with E-state index in [-0.39, 0.29) is 6.04 Å². The highest BCUT2D eigenvalue weighted by Crippen LogP contribution is 2.38. The van der Waals surface area contributed by atoms with E-state index in [1.807, 2.05) is 6.92 Å². The number of hydrogen-bond acceptors (Lipinski definition) is 3. The van der Waals surface area contributed by atoms with Crippen molar-refractivity contribution < 1.29 is 14.7 Å². The molecule has 1 aromatic carbocycles. The minimum atomic E-state index is -1.45. The molecule has 0 radical (unpaired) electrons. The predicted molar refractivity (Wildman–Crippen MR) is 66.8 cm³/mol. The fraction of sp³-hybridized carbons (Fsp3) is 0.273. The van der Waals surface area contributed by atoms with Crippen LogP contribution in [0.25, 0.3) is 0 Å². The number of anilines is 1. The SMILES string of the molecule is CC1CSc2ccc(Cl)cc2N1C(=O)C(=O)O. The molecule has 1 aromatic rings. The second-order valence-corrected chi connectivity index (χ2v) is 5.25. The highest BCUT2D eigenvalue weighted by Gasteiger charge is 2.32. The van der Waals surface area contributed by atoms with E-state index in [2.05, 4.69) is 0 Å². The van der Waals surface area contributed by atoms with Crippen molar-refractivity contribution in [3.63, 3.8) is 0 Å². The number of carbonyl (C=O) groups is 2. The Morgan fingerprint density at radius 2 is 2.24 bits per heavy atom. The van der Waals surface area contributed by atoms with Crippen LogP contribution >= 0.6 is 23.4 Å². The summed E-state index contributed by atoms with van der Waals surface area (Å²) < 4.78 is 0. The normalized spacial score (nSPS) is 18.7. The summed E-state index contributed by atoms with van der Waals surface area (Å²) in [7, 11) is 0. The van der Waals surface area contributed by atoms with Crippen LogP contribution in [-0.2, 0) is 9.59 Å². The quantitative estimate of drug-likeness (QED) is 0.736. The standard InChI is InChI=1S/C11H10ClNO3S/c1-6-5-17-9-3-2-7(12)4-8(9)13(6)10(14)11(15)16/h2-4,6H,5H2,1H3,(H,15,16). The van der Waals surface area contributed by atoms with Crippen LogP contribution in [0.3, 0.4) is 0 Å². The number of aliphatic carboxylic acids is 1. The number of nitrogens with zero attached hydrogens (tertiary/aromatic N) is 1. The van der Waals surface area contributed by atoms with Gasteiger partial charge in [-0.1, -0.05) is 11.6 Å². The van der Waals surface area contributed by atoms with Gasteiger partial charge in [0.25, 0.3) is 0 Å². The van der Waals surface area contributed by atoms with Crippen LogP contribution in [0.5, 0.6) is 0 Å². The Bertz CT molecular complexity index is 492. The maximum Gasteiger partial charge on any atom is 0.394 e. The summed E-state index contributed by atoms with van der Waals surface area (Å²) in [5.41, 5.74) is 0.577. The molecule has 1 heterocycles. The molecule has 0 aliphatic carbocycles. The number of rotatable bonds is 0. The first kappa shape index (κ1) is 12.3. The van der Waals surface area contributed by atoms with Gasteiger partial charge in [0.15, 0.2) is 0 Å². The third-order valence-corrected chi connectivity index (χ3v) is 4.04. The van der Waals surface area contributed by atoms with Gasteiger partial charge < -0.3 is 5.11 Å². The summed E-state index contributed by atoms with van der Waals surface area (Å²) in [6, 6.07) is 5.00. The Balaban J connectivity index is 2.49.